The minimum Gasteiger partial charge on any atom is -0.467 e. The minimum absolute atomic E-state index is 0.330. The summed E-state index contributed by atoms with van der Waals surface area (Å²) < 4.78 is 9.60. The topological polar surface area (TPSA) is 61.0 Å². The maximum Gasteiger partial charge on any atom is 0.293 e. The molecule has 0 aliphatic heterocycles. The van der Waals surface area contributed by atoms with Gasteiger partial charge in [0.2, 0.25) is 0 Å². The lowest BCUT2D eigenvalue weighted by atomic mass is 10.1. The largest absolute Gasteiger partial charge is 0.467 e. The number of hydrogen-bond donors (Lipinski definition) is 1. The van der Waals surface area contributed by atoms with Crippen LogP contribution < -0.4 is 10.5 Å². The van der Waals surface area contributed by atoms with E-state index in [1.54, 1.807) is 0 Å². The van der Waals surface area contributed by atoms with Crippen LogP contribution >= 0.6 is 11.5 Å². The molecule has 0 amide bonds. The van der Waals surface area contributed by atoms with E-state index < -0.39 is 0 Å². The third-order valence-electron chi connectivity index (χ3n) is 1.51. The molecule has 4 nitrogen and oxygen atoms in total. The van der Waals surface area contributed by atoms with E-state index in [2.05, 4.69) is 23.2 Å². The molecule has 0 spiro atoms. The van der Waals surface area contributed by atoms with Gasteiger partial charge in [-0.3, -0.25) is 0 Å². The molecule has 0 saturated carbocycles. The first-order valence-electron chi connectivity index (χ1n) is 4.64. The van der Waals surface area contributed by atoms with E-state index in [9.17, 15) is 0 Å². The lowest BCUT2D eigenvalue weighted by molar-refractivity contribution is 0.242. The van der Waals surface area contributed by atoms with Crippen LogP contribution in [0.5, 0.6) is 5.19 Å². The molecule has 0 aliphatic carbocycles. The molecule has 1 rings (SSSR count). The molecular formula is C9H17N3OS. The monoisotopic (exact) mass is 215 g/mol. The molecule has 0 radical (unpaired) electrons. The molecule has 0 aliphatic rings. The van der Waals surface area contributed by atoms with Crippen LogP contribution in [0.15, 0.2) is 0 Å². The predicted molar refractivity (Wildman–Crippen MR) is 57.8 cm³/mol. The summed E-state index contributed by atoms with van der Waals surface area (Å²) in [5.41, 5.74) is 5.45. The number of rotatable bonds is 4. The van der Waals surface area contributed by atoms with Crippen LogP contribution in [0.25, 0.3) is 0 Å². The first kappa shape index (κ1) is 11.4. The van der Waals surface area contributed by atoms with E-state index in [1.807, 2.05) is 13.8 Å². The summed E-state index contributed by atoms with van der Waals surface area (Å²) in [6, 6.07) is 0. The number of nitrogens with zero attached hydrogens (tertiary/aromatic N) is 2. The Labute approximate surface area is 88.7 Å². The standard InChI is InChI=1S/C9H17N3OS/c1-6(2)7-11-8(14-12-7)13-5-9(3,4)10/h6H,5,10H2,1-4H3. The van der Waals surface area contributed by atoms with Crippen LogP contribution in [0, 0.1) is 0 Å². The Kier molecular flexibility index (Phi) is 3.44. The van der Waals surface area contributed by atoms with Gasteiger partial charge in [-0.1, -0.05) is 13.8 Å². The molecule has 0 aromatic carbocycles. The van der Waals surface area contributed by atoms with Crippen LogP contribution in [0.4, 0.5) is 0 Å². The van der Waals surface area contributed by atoms with Gasteiger partial charge in [-0.2, -0.15) is 9.36 Å². The fraction of sp³-hybridized carbons (Fsp3) is 0.778. The Bertz CT molecular complexity index is 290. The average molecular weight is 215 g/mol. The van der Waals surface area contributed by atoms with Crippen LogP contribution in [-0.2, 0) is 0 Å². The second kappa shape index (κ2) is 4.23. The van der Waals surface area contributed by atoms with Crippen molar-refractivity contribution in [3.8, 4) is 5.19 Å². The maximum absolute atomic E-state index is 5.78. The highest BCUT2D eigenvalue weighted by molar-refractivity contribution is 7.07. The van der Waals surface area contributed by atoms with Gasteiger partial charge >= 0.3 is 0 Å². The molecule has 1 aromatic heterocycles. The van der Waals surface area contributed by atoms with Gasteiger partial charge in [0.25, 0.3) is 5.19 Å². The van der Waals surface area contributed by atoms with Gasteiger partial charge in [0, 0.05) is 23.0 Å². The lowest BCUT2D eigenvalue weighted by Gasteiger charge is -2.16. The van der Waals surface area contributed by atoms with Gasteiger partial charge in [0.1, 0.15) is 12.4 Å². The zero-order chi connectivity index (χ0) is 10.8. The number of aromatic nitrogens is 2. The van der Waals surface area contributed by atoms with E-state index in [0.717, 1.165) is 5.82 Å². The van der Waals surface area contributed by atoms with Crippen LogP contribution in [0.1, 0.15) is 39.4 Å². The van der Waals surface area contributed by atoms with Crippen molar-refractivity contribution in [1.29, 1.82) is 0 Å². The smallest absolute Gasteiger partial charge is 0.293 e. The van der Waals surface area contributed by atoms with Crippen molar-refractivity contribution < 1.29 is 4.74 Å². The lowest BCUT2D eigenvalue weighted by Crippen LogP contribution is -2.38. The first-order chi connectivity index (χ1) is 6.38. The van der Waals surface area contributed by atoms with Gasteiger partial charge < -0.3 is 10.5 Å². The summed E-state index contributed by atoms with van der Waals surface area (Å²) in [6.07, 6.45) is 0. The van der Waals surface area contributed by atoms with Crippen molar-refractivity contribution >= 4 is 11.5 Å². The first-order valence-corrected chi connectivity index (χ1v) is 5.41. The van der Waals surface area contributed by atoms with E-state index in [4.69, 9.17) is 10.5 Å². The highest BCUT2D eigenvalue weighted by atomic mass is 32.1. The molecule has 2 N–H and O–H groups in total. The second-order valence-corrected chi connectivity index (χ2v) is 5.06. The van der Waals surface area contributed by atoms with E-state index >= 15 is 0 Å². The fourth-order valence-electron chi connectivity index (χ4n) is 0.761. The highest BCUT2D eigenvalue weighted by Crippen LogP contribution is 2.19. The maximum atomic E-state index is 5.78. The van der Waals surface area contributed by atoms with Crippen LogP contribution in [0.3, 0.4) is 0 Å². The number of nitrogens with two attached hydrogens (primary N) is 1. The average Bonchev–Trinajstić information content (AvgIpc) is 2.47. The van der Waals surface area contributed by atoms with Crippen molar-refractivity contribution in [2.24, 2.45) is 5.73 Å². The number of hydrogen-bond acceptors (Lipinski definition) is 5. The normalized spacial score (nSPS) is 12.1. The fourth-order valence-corrected chi connectivity index (χ4v) is 1.43. The molecule has 0 fully saturated rings. The second-order valence-electron chi connectivity index (χ2n) is 4.35. The molecule has 0 saturated heterocycles. The van der Waals surface area contributed by atoms with Crippen molar-refractivity contribution in [2.45, 2.75) is 39.2 Å². The zero-order valence-electron chi connectivity index (χ0n) is 9.07. The molecule has 0 bridgehead atoms. The third-order valence-corrected chi connectivity index (χ3v) is 2.15. The van der Waals surface area contributed by atoms with Crippen molar-refractivity contribution in [1.82, 2.24) is 9.36 Å². The Morgan fingerprint density at radius 3 is 2.57 bits per heavy atom. The molecule has 14 heavy (non-hydrogen) atoms. The summed E-state index contributed by atoms with van der Waals surface area (Å²) in [7, 11) is 0. The van der Waals surface area contributed by atoms with E-state index in [1.165, 1.54) is 11.5 Å². The van der Waals surface area contributed by atoms with Gasteiger partial charge in [-0.05, 0) is 13.8 Å². The zero-order valence-corrected chi connectivity index (χ0v) is 9.89. The van der Waals surface area contributed by atoms with Gasteiger partial charge in [-0.25, -0.2) is 0 Å². The molecule has 5 heteroatoms. The van der Waals surface area contributed by atoms with Gasteiger partial charge in [0.05, 0.1) is 0 Å². The Morgan fingerprint density at radius 2 is 2.14 bits per heavy atom. The van der Waals surface area contributed by atoms with E-state index in [0.29, 0.717) is 17.7 Å². The van der Waals surface area contributed by atoms with E-state index in [-0.39, 0.29) is 5.54 Å². The summed E-state index contributed by atoms with van der Waals surface area (Å²) in [6.45, 7) is 8.39. The SMILES string of the molecule is CC(C)c1nsc(OCC(C)(C)N)n1. The van der Waals surface area contributed by atoms with Crippen LogP contribution in [0.2, 0.25) is 0 Å². The highest BCUT2D eigenvalue weighted by Gasteiger charge is 2.14. The Balaban J connectivity index is 2.52. The molecule has 0 atom stereocenters. The predicted octanol–water partition coefficient (Wildman–Crippen LogP) is 1.78. The van der Waals surface area contributed by atoms with Gasteiger partial charge in [-0.15, -0.1) is 0 Å². The van der Waals surface area contributed by atoms with Gasteiger partial charge in [0.15, 0.2) is 0 Å². The van der Waals surface area contributed by atoms with Crippen molar-refractivity contribution in [3.63, 3.8) is 0 Å². The van der Waals surface area contributed by atoms with Crippen LogP contribution in [-0.4, -0.2) is 21.5 Å². The molecule has 1 heterocycles. The van der Waals surface area contributed by atoms with Crippen molar-refractivity contribution in [3.05, 3.63) is 5.82 Å². The molecule has 1 aromatic rings. The summed E-state index contributed by atoms with van der Waals surface area (Å²) in [4.78, 5) is 4.24. The minimum atomic E-state index is -0.330. The number of ether oxygens (including phenoxy) is 1. The molecular weight excluding hydrogens is 198 g/mol. The quantitative estimate of drug-likeness (QED) is 0.831. The summed E-state index contributed by atoms with van der Waals surface area (Å²) in [5.74, 6) is 1.18. The van der Waals surface area contributed by atoms with Crippen molar-refractivity contribution in [2.75, 3.05) is 6.61 Å². The Hall–Kier alpha value is -0.680. The molecule has 80 valence electrons. The Morgan fingerprint density at radius 1 is 1.50 bits per heavy atom. The summed E-state index contributed by atoms with van der Waals surface area (Å²) in [5, 5.41) is 0.604. The third kappa shape index (κ3) is 3.59. The summed E-state index contributed by atoms with van der Waals surface area (Å²) >= 11 is 1.28. The molecule has 0 unspecified atom stereocenters.